The second-order valence-corrected chi connectivity index (χ2v) is 8.52. The number of Topliss-reactive ketones (excluding diaryl/α,β-unsaturated/α-hetero) is 2. The molecule has 0 amide bonds. The Morgan fingerprint density at radius 1 is 0.528 bits per heavy atom. The van der Waals surface area contributed by atoms with Gasteiger partial charge >= 0.3 is 0 Å². The van der Waals surface area contributed by atoms with Gasteiger partial charge in [0, 0.05) is 33.8 Å². The molecular weight excluding hydrogens is 446 g/mol. The summed E-state index contributed by atoms with van der Waals surface area (Å²) in [5, 5.41) is 0. The van der Waals surface area contributed by atoms with Gasteiger partial charge in [0.15, 0.2) is 11.6 Å². The highest BCUT2D eigenvalue weighted by atomic mass is 16.3. The molecule has 4 aromatic carbocycles. The van der Waals surface area contributed by atoms with E-state index in [1.165, 1.54) is 6.08 Å². The first-order valence-electron chi connectivity index (χ1n) is 11.7. The average Bonchev–Trinajstić information content (AvgIpc) is 3.50. The van der Waals surface area contributed by atoms with Gasteiger partial charge in [-0.3, -0.25) is 9.59 Å². The minimum atomic E-state index is -0.264. The van der Waals surface area contributed by atoms with Gasteiger partial charge in [-0.15, -0.1) is 0 Å². The maximum atomic E-state index is 12.7. The molecule has 5 aromatic rings. The van der Waals surface area contributed by atoms with E-state index in [1.54, 1.807) is 30.3 Å². The van der Waals surface area contributed by atoms with E-state index in [2.05, 4.69) is 41.3 Å². The molecule has 0 N–H and O–H groups in total. The summed E-state index contributed by atoms with van der Waals surface area (Å²) < 4.78 is 6.00. The Morgan fingerprint density at radius 2 is 1.03 bits per heavy atom. The van der Waals surface area contributed by atoms with Gasteiger partial charge < -0.3 is 9.32 Å². The summed E-state index contributed by atoms with van der Waals surface area (Å²) in [6.07, 6.45) is 1.54. The van der Waals surface area contributed by atoms with Crippen molar-refractivity contribution in [1.82, 2.24) is 0 Å². The molecule has 0 unspecified atom stereocenters. The van der Waals surface area contributed by atoms with Gasteiger partial charge in [-0.2, -0.15) is 0 Å². The van der Waals surface area contributed by atoms with Crippen molar-refractivity contribution in [2.24, 2.45) is 0 Å². The van der Waals surface area contributed by atoms with E-state index in [1.807, 2.05) is 54.6 Å². The number of nitrogens with zero attached hydrogens (tertiary/aromatic N) is 1. The third-order valence-corrected chi connectivity index (χ3v) is 6.26. The third-order valence-electron chi connectivity index (χ3n) is 6.26. The lowest BCUT2D eigenvalue weighted by molar-refractivity contribution is 0.0990. The van der Waals surface area contributed by atoms with Crippen LogP contribution in [-0.2, 0) is 0 Å². The smallest absolute Gasteiger partial charge is 0.197 e. The predicted octanol–water partition coefficient (Wildman–Crippen LogP) is 7.88. The molecule has 0 fully saturated rings. The lowest BCUT2D eigenvalue weighted by Crippen LogP contribution is -2.09. The number of anilines is 3. The van der Waals surface area contributed by atoms with Crippen LogP contribution in [0.4, 0.5) is 17.1 Å². The van der Waals surface area contributed by atoms with Crippen molar-refractivity contribution in [2.75, 3.05) is 4.90 Å². The Labute approximate surface area is 208 Å². The highest BCUT2D eigenvalue weighted by molar-refractivity contribution is 6.41. The molecule has 1 aliphatic carbocycles. The lowest BCUT2D eigenvalue weighted by atomic mass is 10.1. The van der Waals surface area contributed by atoms with Crippen LogP contribution in [0.2, 0.25) is 0 Å². The summed E-state index contributed by atoms with van der Waals surface area (Å²) in [6, 6.07) is 39.1. The largest absolute Gasteiger partial charge is 0.457 e. The van der Waals surface area contributed by atoms with Crippen LogP contribution in [0.25, 0.3) is 17.4 Å². The van der Waals surface area contributed by atoms with Crippen molar-refractivity contribution < 1.29 is 14.0 Å². The zero-order valence-electron chi connectivity index (χ0n) is 19.3. The molecule has 0 aliphatic heterocycles. The van der Waals surface area contributed by atoms with Crippen molar-refractivity contribution in [3.63, 3.8) is 0 Å². The molecule has 4 nitrogen and oxygen atoms in total. The maximum Gasteiger partial charge on any atom is 0.197 e. The Bertz CT molecular complexity index is 1520. The van der Waals surface area contributed by atoms with Gasteiger partial charge in [0.2, 0.25) is 0 Å². The molecule has 172 valence electrons. The molecule has 0 bridgehead atoms. The van der Waals surface area contributed by atoms with E-state index < -0.39 is 0 Å². The number of hydrogen-bond donors (Lipinski definition) is 0. The number of ketones is 2. The van der Waals surface area contributed by atoms with Crippen LogP contribution in [0.5, 0.6) is 0 Å². The second kappa shape index (κ2) is 9.01. The Kier molecular flexibility index (Phi) is 5.39. The van der Waals surface area contributed by atoms with E-state index in [0.717, 1.165) is 22.6 Å². The number of hydrogen-bond acceptors (Lipinski definition) is 4. The molecule has 4 heteroatoms. The van der Waals surface area contributed by atoms with Crippen molar-refractivity contribution >= 4 is 34.7 Å². The summed E-state index contributed by atoms with van der Waals surface area (Å²) in [6.45, 7) is 0. The molecule has 0 saturated heterocycles. The molecule has 1 aliphatic rings. The zero-order chi connectivity index (χ0) is 24.5. The standard InChI is InChI=1S/C32H21NO3/c34-31-27-13-7-8-14-28(27)32(35)29(31)21-26-19-20-30(36-26)22-15-17-25(18-16-22)33(23-9-3-1-4-10-23)24-11-5-2-6-12-24/h1-21H. The first-order chi connectivity index (χ1) is 17.7. The van der Waals surface area contributed by atoms with Crippen LogP contribution in [0.1, 0.15) is 26.5 Å². The van der Waals surface area contributed by atoms with Crippen LogP contribution < -0.4 is 4.90 Å². The van der Waals surface area contributed by atoms with Crippen molar-refractivity contribution in [2.45, 2.75) is 0 Å². The maximum absolute atomic E-state index is 12.7. The molecule has 0 spiro atoms. The summed E-state index contributed by atoms with van der Waals surface area (Å²) in [5.74, 6) is 0.600. The molecule has 6 rings (SSSR count). The fourth-order valence-corrected chi connectivity index (χ4v) is 4.51. The molecule has 1 aromatic heterocycles. The van der Waals surface area contributed by atoms with Gasteiger partial charge in [-0.05, 0) is 66.7 Å². The number of para-hydroxylation sites is 2. The molecule has 0 radical (unpaired) electrons. The number of rotatable bonds is 5. The van der Waals surface area contributed by atoms with Gasteiger partial charge in [0.05, 0.1) is 5.57 Å². The summed E-state index contributed by atoms with van der Waals surface area (Å²) >= 11 is 0. The number of benzene rings is 4. The minimum Gasteiger partial charge on any atom is -0.457 e. The fraction of sp³-hybridized carbons (Fsp3) is 0. The van der Waals surface area contributed by atoms with Crippen LogP contribution in [0.3, 0.4) is 0 Å². The molecule has 1 heterocycles. The highest BCUT2D eigenvalue weighted by Crippen LogP contribution is 2.36. The van der Waals surface area contributed by atoms with Gasteiger partial charge in [0.25, 0.3) is 0 Å². The molecule has 36 heavy (non-hydrogen) atoms. The van der Waals surface area contributed by atoms with Crippen molar-refractivity contribution in [1.29, 1.82) is 0 Å². The van der Waals surface area contributed by atoms with Crippen LogP contribution in [-0.4, -0.2) is 11.6 Å². The lowest BCUT2D eigenvalue weighted by Gasteiger charge is -2.25. The Balaban J connectivity index is 1.29. The zero-order valence-corrected chi connectivity index (χ0v) is 19.3. The quantitative estimate of drug-likeness (QED) is 0.195. The van der Waals surface area contributed by atoms with Gasteiger partial charge in [0.1, 0.15) is 11.5 Å². The average molecular weight is 468 g/mol. The van der Waals surface area contributed by atoms with Crippen LogP contribution >= 0.6 is 0 Å². The van der Waals surface area contributed by atoms with E-state index in [0.29, 0.717) is 22.6 Å². The van der Waals surface area contributed by atoms with Crippen LogP contribution in [0, 0.1) is 0 Å². The highest BCUT2D eigenvalue weighted by Gasteiger charge is 2.32. The Hall–Kier alpha value is -4.96. The van der Waals surface area contributed by atoms with Crippen molar-refractivity contribution in [3.8, 4) is 11.3 Å². The normalized spacial score (nSPS) is 12.5. The number of furan rings is 1. The first-order valence-corrected chi connectivity index (χ1v) is 11.7. The minimum absolute atomic E-state index is 0.133. The summed E-state index contributed by atoms with van der Waals surface area (Å²) in [5.41, 5.74) is 5.07. The molecule has 0 saturated carbocycles. The second-order valence-electron chi connectivity index (χ2n) is 8.52. The van der Waals surface area contributed by atoms with E-state index in [4.69, 9.17) is 4.42 Å². The number of allylic oxidation sites excluding steroid dienone is 1. The third kappa shape index (κ3) is 3.85. The number of fused-ring (bicyclic) bond motifs is 1. The number of carbonyl (C=O) groups excluding carboxylic acids is 2. The number of carbonyl (C=O) groups is 2. The summed E-state index contributed by atoms with van der Waals surface area (Å²) in [4.78, 5) is 27.6. The van der Waals surface area contributed by atoms with Crippen molar-refractivity contribution in [3.05, 3.63) is 144 Å². The Morgan fingerprint density at radius 3 is 1.58 bits per heavy atom. The van der Waals surface area contributed by atoms with Crippen LogP contribution in [0.15, 0.2) is 131 Å². The van der Waals surface area contributed by atoms with E-state index >= 15 is 0 Å². The monoisotopic (exact) mass is 467 g/mol. The molecular formula is C32H21NO3. The molecule has 0 atom stereocenters. The van der Waals surface area contributed by atoms with Gasteiger partial charge in [-0.25, -0.2) is 0 Å². The topological polar surface area (TPSA) is 50.5 Å². The fourth-order valence-electron chi connectivity index (χ4n) is 4.51. The van der Waals surface area contributed by atoms with Gasteiger partial charge in [-0.1, -0.05) is 60.7 Å². The summed E-state index contributed by atoms with van der Waals surface area (Å²) in [7, 11) is 0. The first kappa shape index (κ1) is 21.6. The SMILES string of the molecule is O=C1C(=Cc2ccc(-c3ccc(N(c4ccccc4)c4ccccc4)cc3)o2)C(=O)c2ccccc21. The van der Waals surface area contributed by atoms with E-state index in [-0.39, 0.29) is 17.1 Å². The predicted molar refractivity (Wildman–Crippen MR) is 142 cm³/mol. The van der Waals surface area contributed by atoms with E-state index in [9.17, 15) is 9.59 Å².